The van der Waals surface area contributed by atoms with Gasteiger partial charge in [0.05, 0.1) is 18.8 Å². The minimum absolute atomic E-state index is 0.156. The van der Waals surface area contributed by atoms with Crippen LogP contribution in [-0.4, -0.2) is 24.6 Å². The Hall–Kier alpha value is -1.35. The lowest BCUT2D eigenvalue weighted by atomic mass is 9.80. The first-order chi connectivity index (χ1) is 9.81. The molecule has 1 aromatic carbocycles. The highest BCUT2D eigenvalue weighted by molar-refractivity contribution is 5.83. The van der Waals surface area contributed by atoms with Crippen LogP contribution in [0.4, 0.5) is 0 Å². The first-order valence-electron chi connectivity index (χ1n) is 7.71. The number of para-hydroxylation sites is 1. The molecule has 4 atom stereocenters. The Balaban J connectivity index is 1.48. The number of fused-ring (bicyclic) bond motifs is 3. The molecule has 0 spiro atoms. The third kappa shape index (κ3) is 2.05. The van der Waals surface area contributed by atoms with Crippen LogP contribution in [0.25, 0.3) is 0 Å². The van der Waals surface area contributed by atoms with E-state index in [2.05, 4.69) is 6.07 Å². The quantitative estimate of drug-likeness (QED) is 0.848. The lowest BCUT2D eigenvalue weighted by Gasteiger charge is -2.27. The lowest BCUT2D eigenvalue weighted by Crippen LogP contribution is -2.27. The molecule has 2 saturated heterocycles. The predicted molar refractivity (Wildman–Crippen MR) is 74.9 cm³/mol. The fourth-order valence-electron chi connectivity index (χ4n) is 4.00. The monoisotopic (exact) mass is 272 g/mol. The summed E-state index contributed by atoms with van der Waals surface area (Å²) in [5, 5.41) is 0. The number of ketones is 1. The van der Waals surface area contributed by atoms with Crippen molar-refractivity contribution in [2.24, 2.45) is 5.92 Å². The van der Waals surface area contributed by atoms with Gasteiger partial charge in [0.15, 0.2) is 0 Å². The van der Waals surface area contributed by atoms with Gasteiger partial charge in [0.25, 0.3) is 0 Å². The Morgan fingerprint density at radius 1 is 1.20 bits per heavy atom. The van der Waals surface area contributed by atoms with Crippen molar-refractivity contribution in [3.05, 3.63) is 29.8 Å². The fourth-order valence-corrected chi connectivity index (χ4v) is 4.00. The normalized spacial score (nSPS) is 34.6. The first-order valence-corrected chi connectivity index (χ1v) is 7.71. The van der Waals surface area contributed by atoms with Gasteiger partial charge in [-0.2, -0.15) is 0 Å². The molecule has 2 bridgehead atoms. The number of Topliss-reactive ketones (excluding diaryl/α,β-unsaturated/α-hetero) is 1. The van der Waals surface area contributed by atoms with E-state index >= 15 is 0 Å². The molecule has 4 unspecified atom stereocenters. The van der Waals surface area contributed by atoms with Crippen molar-refractivity contribution in [2.75, 3.05) is 6.61 Å². The van der Waals surface area contributed by atoms with Crippen LogP contribution < -0.4 is 4.74 Å². The zero-order valence-corrected chi connectivity index (χ0v) is 11.6. The second kappa shape index (κ2) is 4.88. The molecular formula is C17H20O3. The van der Waals surface area contributed by atoms with Crippen LogP contribution in [-0.2, 0) is 9.53 Å². The highest BCUT2D eigenvalue weighted by atomic mass is 16.5. The zero-order valence-electron chi connectivity index (χ0n) is 11.6. The molecular weight excluding hydrogens is 252 g/mol. The Morgan fingerprint density at radius 3 is 2.90 bits per heavy atom. The summed E-state index contributed by atoms with van der Waals surface area (Å²) < 4.78 is 11.5. The number of rotatable bonds is 3. The molecule has 1 aromatic rings. The average molecular weight is 272 g/mol. The van der Waals surface area contributed by atoms with Crippen LogP contribution in [0.15, 0.2) is 24.3 Å². The van der Waals surface area contributed by atoms with Crippen molar-refractivity contribution in [3.63, 3.8) is 0 Å². The van der Waals surface area contributed by atoms with E-state index in [0.29, 0.717) is 24.2 Å². The molecule has 0 aromatic heterocycles. The van der Waals surface area contributed by atoms with Crippen LogP contribution in [0.2, 0.25) is 0 Å². The third-order valence-electron chi connectivity index (χ3n) is 5.05. The second-order valence-electron chi connectivity index (χ2n) is 6.26. The van der Waals surface area contributed by atoms with Gasteiger partial charge in [0.2, 0.25) is 0 Å². The van der Waals surface area contributed by atoms with Gasteiger partial charge in [-0.1, -0.05) is 18.2 Å². The molecule has 0 aliphatic carbocycles. The van der Waals surface area contributed by atoms with Gasteiger partial charge < -0.3 is 9.47 Å². The highest BCUT2D eigenvalue weighted by Gasteiger charge is 2.44. The summed E-state index contributed by atoms with van der Waals surface area (Å²) in [6, 6.07) is 8.13. The molecule has 3 nitrogen and oxygen atoms in total. The van der Waals surface area contributed by atoms with E-state index in [-0.39, 0.29) is 12.0 Å². The molecule has 2 fully saturated rings. The predicted octanol–water partition coefficient (Wildman–Crippen LogP) is 3.08. The Labute approximate surface area is 119 Å². The van der Waals surface area contributed by atoms with E-state index in [1.54, 1.807) is 0 Å². The van der Waals surface area contributed by atoms with Gasteiger partial charge in [0.1, 0.15) is 11.5 Å². The van der Waals surface area contributed by atoms with Crippen LogP contribution >= 0.6 is 0 Å². The topological polar surface area (TPSA) is 35.5 Å². The molecule has 4 rings (SSSR count). The first kappa shape index (κ1) is 12.4. The largest absolute Gasteiger partial charge is 0.493 e. The molecule has 3 aliphatic heterocycles. The Kier molecular flexibility index (Phi) is 3.03. The van der Waals surface area contributed by atoms with Crippen molar-refractivity contribution in [2.45, 2.75) is 50.2 Å². The highest BCUT2D eigenvalue weighted by Crippen LogP contribution is 2.42. The van der Waals surface area contributed by atoms with Crippen LogP contribution in [0.5, 0.6) is 5.75 Å². The Bertz CT molecular complexity index is 525. The van der Waals surface area contributed by atoms with Crippen molar-refractivity contribution in [3.8, 4) is 5.75 Å². The van der Waals surface area contributed by atoms with Gasteiger partial charge in [-0.3, -0.25) is 4.79 Å². The molecule has 0 amide bonds. The van der Waals surface area contributed by atoms with Crippen molar-refractivity contribution in [1.82, 2.24) is 0 Å². The molecule has 20 heavy (non-hydrogen) atoms. The second-order valence-corrected chi connectivity index (χ2v) is 6.26. The molecule has 0 radical (unpaired) electrons. The van der Waals surface area contributed by atoms with Crippen molar-refractivity contribution < 1.29 is 14.3 Å². The number of hydrogen-bond acceptors (Lipinski definition) is 3. The summed E-state index contributed by atoms with van der Waals surface area (Å²) in [7, 11) is 0. The smallest absolute Gasteiger partial charge is 0.139 e. The zero-order chi connectivity index (χ0) is 13.5. The lowest BCUT2D eigenvalue weighted by molar-refractivity contribution is -0.124. The minimum atomic E-state index is 0.156. The summed E-state index contributed by atoms with van der Waals surface area (Å²) in [5.41, 5.74) is 1.20. The number of ether oxygens (including phenoxy) is 2. The van der Waals surface area contributed by atoms with E-state index in [0.717, 1.165) is 38.0 Å². The van der Waals surface area contributed by atoms with Crippen LogP contribution in [0.1, 0.15) is 43.6 Å². The van der Waals surface area contributed by atoms with Gasteiger partial charge in [-0.15, -0.1) is 0 Å². The third-order valence-corrected chi connectivity index (χ3v) is 5.05. The maximum atomic E-state index is 12.6. The standard InChI is InChI=1S/C17H20O3/c18-15(14-10-12-5-6-17(14)20-12)9-11-7-8-19-16-4-2-1-3-13(11)16/h1-4,11-12,14,17H,5-10H2. The maximum absolute atomic E-state index is 12.6. The van der Waals surface area contributed by atoms with Crippen LogP contribution in [0.3, 0.4) is 0 Å². The fraction of sp³-hybridized carbons (Fsp3) is 0.588. The summed E-state index contributed by atoms with van der Waals surface area (Å²) in [4.78, 5) is 12.6. The minimum Gasteiger partial charge on any atom is -0.493 e. The van der Waals surface area contributed by atoms with Gasteiger partial charge in [-0.25, -0.2) is 0 Å². The van der Waals surface area contributed by atoms with Gasteiger partial charge in [0, 0.05) is 12.3 Å². The molecule has 3 heterocycles. The molecule has 3 heteroatoms. The SMILES string of the molecule is O=C(CC1CCOc2ccccc21)C1CC2CCC1O2. The van der Waals surface area contributed by atoms with E-state index in [1.165, 1.54) is 5.56 Å². The van der Waals surface area contributed by atoms with E-state index in [4.69, 9.17) is 9.47 Å². The number of carbonyl (C=O) groups excluding carboxylic acids is 1. The maximum Gasteiger partial charge on any atom is 0.139 e. The Morgan fingerprint density at radius 2 is 2.10 bits per heavy atom. The van der Waals surface area contributed by atoms with Crippen molar-refractivity contribution in [1.29, 1.82) is 0 Å². The average Bonchev–Trinajstić information content (AvgIpc) is 3.10. The molecule has 106 valence electrons. The summed E-state index contributed by atoms with van der Waals surface area (Å²) in [6.45, 7) is 0.724. The summed E-state index contributed by atoms with van der Waals surface area (Å²) in [6.07, 6.45) is 5.34. The molecule has 0 N–H and O–H groups in total. The van der Waals surface area contributed by atoms with Crippen LogP contribution in [0, 0.1) is 5.92 Å². The van der Waals surface area contributed by atoms with Crippen molar-refractivity contribution >= 4 is 5.78 Å². The summed E-state index contributed by atoms with van der Waals surface area (Å²) in [5.74, 6) is 1.84. The molecule has 3 aliphatic rings. The summed E-state index contributed by atoms with van der Waals surface area (Å²) >= 11 is 0. The number of hydrogen-bond donors (Lipinski definition) is 0. The van der Waals surface area contributed by atoms with Gasteiger partial charge in [-0.05, 0) is 43.2 Å². The van der Waals surface area contributed by atoms with E-state index < -0.39 is 0 Å². The molecule has 0 saturated carbocycles. The number of benzene rings is 1. The van der Waals surface area contributed by atoms with E-state index in [1.807, 2.05) is 18.2 Å². The van der Waals surface area contributed by atoms with E-state index in [9.17, 15) is 4.79 Å². The number of carbonyl (C=O) groups is 1. The van der Waals surface area contributed by atoms with Gasteiger partial charge >= 0.3 is 0 Å².